The predicted octanol–water partition coefficient (Wildman–Crippen LogP) is 1.45. The van der Waals surface area contributed by atoms with E-state index in [4.69, 9.17) is 9.84 Å². The molecular formula is C11H16N2O3. The lowest BCUT2D eigenvalue weighted by Crippen LogP contribution is -2.04. The fourth-order valence-electron chi connectivity index (χ4n) is 1.36. The zero-order valence-electron chi connectivity index (χ0n) is 9.56. The topological polar surface area (TPSA) is 72.3 Å². The van der Waals surface area contributed by atoms with E-state index in [0.717, 1.165) is 24.2 Å². The third-order valence-electron chi connectivity index (χ3n) is 2.15. The molecule has 0 aliphatic heterocycles. The molecule has 0 aliphatic rings. The third kappa shape index (κ3) is 3.49. The van der Waals surface area contributed by atoms with Gasteiger partial charge in [0.05, 0.1) is 7.11 Å². The molecule has 0 unspecified atom stereocenters. The molecule has 1 aromatic heterocycles. The number of rotatable bonds is 6. The normalized spacial score (nSPS) is 10.1. The summed E-state index contributed by atoms with van der Waals surface area (Å²) in [6.07, 6.45) is 3.88. The number of aromatic nitrogens is 2. The van der Waals surface area contributed by atoms with Gasteiger partial charge in [0.25, 0.3) is 0 Å². The molecule has 16 heavy (non-hydrogen) atoms. The molecule has 0 fully saturated rings. The number of hydrogen-bond donors (Lipinski definition) is 1. The first-order valence-corrected chi connectivity index (χ1v) is 5.28. The third-order valence-corrected chi connectivity index (χ3v) is 2.15. The minimum absolute atomic E-state index is 0.0623. The van der Waals surface area contributed by atoms with Crippen LogP contribution < -0.4 is 4.74 Å². The monoisotopic (exact) mass is 224 g/mol. The molecule has 0 aromatic carbocycles. The Labute approximate surface area is 94.5 Å². The highest BCUT2D eigenvalue weighted by Crippen LogP contribution is 2.16. The van der Waals surface area contributed by atoms with Gasteiger partial charge < -0.3 is 9.84 Å². The number of hydrogen-bond acceptors (Lipinski definition) is 4. The Balaban J connectivity index is 2.80. The van der Waals surface area contributed by atoms with Crippen molar-refractivity contribution in [3.63, 3.8) is 0 Å². The molecule has 0 aliphatic carbocycles. The Hall–Kier alpha value is -1.65. The number of ether oxygens (including phenoxy) is 1. The standard InChI is InChI=1S/C11H16N2O3/c1-3-4-9-12-7-8(5-6-10(14)15)11(13-9)16-2/h7H,3-6H2,1-2H3,(H,14,15). The van der Waals surface area contributed by atoms with Crippen LogP contribution >= 0.6 is 0 Å². The van der Waals surface area contributed by atoms with Gasteiger partial charge in [-0.05, 0) is 12.8 Å². The van der Waals surface area contributed by atoms with Gasteiger partial charge in [-0.15, -0.1) is 0 Å². The molecule has 1 aromatic rings. The Morgan fingerprint density at radius 3 is 2.81 bits per heavy atom. The minimum atomic E-state index is -0.834. The number of carbonyl (C=O) groups is 1. The van der Waals surface area contributed by atoms with Crippen LogP contribution in [0.15, 0.2) is 6.20 Å². The van der Waals surface area contributed by atoms with E-state index in [1.165, 1.54) is 7.11 Å². The summed E-state index contributed by atoms with van der Waals surface area (Å²) in [6.45, 7) is 2.05. The zero-order chi connectivity index (χ0) is 12.0. The van der Waals surface area contributed by atoms with Crippen molar-refractivity contribution in [2.75, 3.05) is 7.11 Å². The molecule has 1 N–H and O–H groups in total. The van der Waals surface area contributed by atoms with Gasteiger partial charge in [0.1, 0.15) is 5.82 Å². The summed E-state index contributed by atoms with van der Waals surface area (Å²) >= 11 is 0. The van der Waals surface area contributed by atoms with E-state index >= 15 is 0 Å². The van der Waals surface area contributed by atoms with E-state index in [1.807, 2.05) is 6.92 Å². The summed E-state index contributed by atoms with van der Waals surface area (Å²) in [6, 6.07) is 0. The van der Waals surface area contributed by atoms with E-state index in [1.54, 1.807) is 6.20 Å². The van der Waals surface area contributed by atoms with Crippen molar-refractivity contribution in [3.05, 3.63) is 17.6 Å². The molecule has 0 amide bonds. The Morgan fingerprint density at radius 1 is 1.50 bits per heavy atom. The number of methoxy groups -OCH3 is 1. The summed E-state index contributed by atoms with van der Waals surface area (Å²) in [5.74, 6) is 0.387. The molecule has 0 spiro atoms. The van der Waals surface area contributed by atoms with Gasteiger partial charge in [0.15, 0.2) is 0 Å². The first-order valence-electron chi connectivity index (χ1n) is 5.28. The van der Waals surface area contributed by atoms with Gasteiger partial charge in [0.2, 0.25) is 5.88 Å². The van der Waals surface area contributed by atoms with Crippen molar-refractivity contribution in [1.82, 2.24) is 9.97 Å². The summed E-state index contributed by atoms with van der Waals surface area (Å²) in [5, 5.41) is 8.60. The van der Waals surface area contributed by atoms with Crippen LogP contribution in [0.3, 0.4) is 0 Å². The average molecular weight is 224 g/mol. The van der Waals surface area contributed by atoms with Crippen LogP contribution in [0.25, 0.3) is 0 Å². The van der Waals surface area contributed by atoms with Crippen LogP contribution in [0, 0.1) is 0 Å². The van der Waals surface area contributed by atoms with Gasteiger partial charge in [-0.3, -0.25) is 4.79 Å². The van der Waals surface area contributed by atoms with E-state index in [9.17, 15) is 4.79 Å². The lowest BCUT2D eigenvalue weighted by Gasteiger charge is -2.07. The van der Waals surface area contributed by atoms with E-state index in [2.05, 4.69) is 9.97 Å². The van der Waals surface area contributed by atoms with Crippen LogP contribution in [0.5, 0.6) is 5.88 Å². The molecule has 0 radical (unpaired) electrons. The molecule has 0 atom stereocenters. The Morgan fingerprint density at radius 2 is 2.25 bits per heavy atom. The zero-order valence-corrected chi connectivity index (χ0v) is 9.56. The molecule has 88 valence electrons. The molecular weight excluding hydrogens is 208 g/mol. The van der Waals surface area contributed by atoms with Crippen molar-refractivity contribution < 1.29 is 14.6 Å². The van der Waals surface area contributed by atoms with Crippen molar-refractivity contribution in [2.24, 2.45) is 0 Å². The average Bonchev–Trinajstić information content (AvgIpc) is 2.27. The largest absolute Gasteiger partial charge is 0.481 e. The van der Waals surface area contributed by atoms with Crippen molar-refractivity contribution in [3.8, 4) is 5.88 Å². The summed E-state index contributed by atoms with van der Waals surface area (Å²) in [4.78, 5) is 18.9. The molecule has 0 bridgehead atoms. The molecule has 0 saturated carbocycles. The van der Waals surface area contributed by atoms with Gasteiger partial charge in [0, 0.05) is 24.6 Å². The Kier molecular flexibility index (Phi) is 4.69. The summed E-state index contributed by atoms with van der Waals surface area (Å²) in [5.41, 5.74) is 0.741. The maximum absolute atomic E-state index is 10.5. The van der Waals surface area contributed by atoms with Crippen molar-refractivity contribution >= 4 is 5.97 Å². The first-order chi connectivity index (χ1) is 7.67. The molecule has 1 rings (SSSR count). The van der Waals surface area contributed by atoms with Crippen LogP contribution in [-0.2, 0) is 17.6 Å². The number of aliphatic carboxylic acids is 1. The highest BCUT2D eigenvalue weighted by molar-refractivity contribution is 5.67. The van der Waals surface area contributed by atoms with Gasteiger partial charge in [-0.2, -0.15) is 4.98 Å². The first kappa shape index (κ1) is 12.4. The van der Waals surface area contributed by atoms with Crippen molar-refractivity contribution in [1.29, 1.82) is 0 Å². The summed E-state index contributed by atoms with van der Waals surface area (Å²) < 4.78 is 5.12. The maximum Gasteiger partial charge on any atom is 0.303 e. The molecule has 1 heterocycles. The second kappa shape index (κ2) is 6.05. The molecule has 0 saturated heterocycles. The van der Waals surface area contributed by atoms with Gasteiger partial charge in [-0.1, -0.05) is 6.92 Å². The number of carboxylic acids is 1. The van der Waals surface area contributed by atoms with Crippen LogP contribution in [0.4, 0.5) is 0 Å². The molecule has 5 nitrogen and oxygen atoms in total. The second-order valence-corrected chi connectivity index (χ2v) is 3.46. The highest BCUT2D eigenvalue weighted by atomic mass is 16.5. The van der Waals surface area contributed by atoms with E-state index in [-0.39, 0.29) is 6.42 Å². The Bertz CT molecular complexity index is 366. The molecule has 5 heteroatoms. The van der Waals surface area contributed by atoms with Gasteiger partial charge in [-0.25, -0.2) is 4.98 Å². The fraction of sp³-hybridized carbons (Fsp3) is 0.545. The lowest BCUT2D eigenvalue weighted by molar-refractivity contribution is -0.136. The SMILES string of the molecule is CCCc1ncc(CCC(=O)O)c(OC)n1. The smallest absolute Gasteiger partial charge is 0.303 e. The van der Waals surface area contributed by atoms with Gasteiger partial charge >= 0.3 is 5.97 Å². The quantitative estimate of drug-likeness (QED) is 0.791. The van der Waals surface area contributed by atoms with Crippen LogP contribution in [-0.4, -0.2) is 28.2 Å². The number of nitrogens with zero attached hydrogens (tertiary/aromatic N) is 2. The second-order valence-electron chi connectivity index (χ2n) is 3.46. The lowest BCUT2D eigenvalue weighted by atomic mass is 10.2. The fourth-order valence-corrected chi connectivity index (χ4v) is 1.36. The van der Waals surface area contributed by atoms with E-state index in [0.29, 0.717) is 12.3 Å². The summed E-state index contributed by atoms with van der Waals surface area (Å²) in [7, 11) is 1.53. The van der Waals surface area contributed by atoms with Crippen molar-refractivity contribution in [2.45, 2.75) is 32.6 Å². The van der Waals surface area contributed by atoms with Crippen LogP contribution in [0.1, 0.15) is 31.2 Å². The van der Waals surface area contributed by atoms with Crippen LogP contribution in [0.2, 0.25) is 0 Å². The highest BCUT2D eigenvalue weighted by Gasteiger charge is 2.09. The number of carboxylic acid groups (broad SMARTS) is 1. The number of aryl methyl sites for hydroxylation is 2. The maximum atomic E-state index is 10.5. The van der Waals surface area contributed by atoms with E-state index < -0.39 is 5.97 Å². The minimum Gasteiger partial charge on any atom is -0.481 e. The predicted molar refractivity (Wildman–Crippen MR) is 58.5 cm³/mol.